The van der Waals surface area contributed by atoms with E-state index in [1.807, 2.05) is 6.26 Å². The number of aromatic nitrogens is 5. The number of rotatable bonds is 5. The highest BCUT2D eigenvalue weighted by Crippen LogP contribution is 2.19. The van der Waals surface area contributed by atoms with Crippen LogP contribution in [-0.4, -0.2) is 52.2 Å². The van der Waals surface area contributed by atoms with Gasteiger partial charge >= 0.3 is 6.09 Å². The lowest BCUT2D eigenvalue weighted by molar-refractivity contribution is 0.206. The topological polar surface area (TPSA) is 132 Å². The van der Waals surface area contributed by atoms with Gasteiger partial charge in [0.1, 0.15) is 20.1 Å². The fraction of sp³-hybridized carbons (Fsp3) is 0.188. The standard InChI is InChI=1S/C16H16N6O4S2/c1-4-8-21-14(23)10-9-17-15(27-2)19-13(10)22(21)11-6-5-7-12(18-11)28(3,26)20-16(24)25/h4-7,9H,1,8H2,2-3H3,(H,24,25). The van der Waals surface area contributed by atoms with Crippen LogP contribution in [0.5, 0.6) is 0 Å². The lowest BCUT2D eigenvalue weighted by Gasteiger charge is -2.11. The number of amides is 1. The Morgan fingerprint density at radius 1 is 1.43 bits per heavy atom. The molecule has 0 aliphatic rings. The molecular formula is C16H16N6O4S2. The first kappa shape index (κ1) is 19.8. The van der Waals surface area contributed by atoms with Gasteiger partial charge in [0.2, 0.25) is 0 Å². The van der Waals surface area contributed by atoms with Gasteiger partial charge in [-0.05, 0) is 18.4 Å². The zero-order valence-corrected chi connectivity index (χ0v) is 16.6. The van der Waals surface area contributed by atoms with Crippen LogP contribution < -0.4 is 5.56 Å². The van der Waals surface area contributed by atoms with Gasteiger partial charge in [-0.3, -0.25) is 4.79 Å². The molecule has 28 heavy (non-hydrogen) atoms. The average molecular weight is 420 g/mol. The molecule has 0 aromatic carbocycles. The number of pyridine rings is 1. The van der Waals surface area contributed by atoms with Crippen LogP contribution in [-0.2, 0) is 16.3 Å². The van der Waals surface area contributed by atoms with Gasteiger partial charge in [0.05, 0.1) is 6.54 Å². The summed E-state index contributed by atoms with van der Waals surface area (Å²) in [7, 11) is -3.27. The lowest BCUT2D eigenvalue weighted by Crippen LogP contribution is -2.22. The fourth-order valence-corrected chi connectivity index (χ4v) is 3.88. The third kappa shape index (κ3) is 3.55. The van der Waals surface area contributed by atoms with E-state index in [0.29, 0.717) is 16.2 Å². The zero-order valence-electron chi connectivity index (χ0n) is 15.0. The Bertz CT molecular complexity index is 1270. The predicted molar refractivity (Wildman–Crippen MR) is 106 cm³/mol. The SMILES string of the molecule is C=CCn1c(=O)c2cnc(SC)nc2n1-c1cccc(S(C)(=O)=NC(=O)O)n1. The van der Waals surface area contributed by atoms with E-state index in [1.165, 1.54) is 39.6 Å². The molecule has 3 aromatic heterocycles. The third-order valence-electron chi connectivity index (χ3n) is 3.70. The van der Waals surface area contributed by atoms with Crippen LogP contribution in [0, 0.1) is 0 Å². The highest BCUT2D eigenvalue weighted by Gasteiger charge is 2.19. The second kappa shape index (κ2) is 7.56. The summed E-state index contributed by atoms with van der Waals surface area (Å²) in [5.74, 6) is 0.243. The Morgan fingerprint density at radius 2 is 2.18 bits per heavy atom. The summed E-state index contributed by atoms with van der Waals surface area (Å²) in [6.45, 7) is 3.84. The minimum atomic E-state index is -3.27. The molecule has 1 unspecified atom stereocenters. The van der Waals surface area contributed by atoms with Gasteiger partial charge in [-0.1, -0.05) is 23.9 Å². The van der Waals surface area contributed by atoms with Gasteiger partial charge in [0, 0.05) is 12.5 Å². The van der Waals surface area contributed by atoms with E-state index in [4.69, 9.17) is 5.11 Å². The van der Waals surface area contributed by atoms with Gasteiger partial charge < -0.3 is 5.11 Å². The summed E-state index contributed by atoms with van der Waals surface area (Å²) in [5, 5.41) is 9.59. The van der Waals surface area contributed by atoms with Gasteiger partial charge in [-0.15, -0.1) is 10.9 Å². The minimum absolute atomic E-state index is 0.0222. The van der Waals surface area contributed by atoms with Crippen LogP contribution in [0.25, 0.3) is 16.9 Å². The molecule has 0 aliphatic carbocycles. The van der Waals surface area contributed by atoms with Crippen LogP contribution in [0.15, 0.2) is 56.4 Å². The Morgan fingerprint density at radius 3 is 2.82 bits per heavy atom. The van der Waals surface area contributed by atoms with E-state index >= 15 is 0 Å². The molecule has 3 aromatic rings. The van der Waals surface area contributed by atoms with Gasteiger partial charge in [-0.25, -0.2) is 33.3 Å². The van der Waals surface area contributed by atoms with Gasteiger partial charge in [-0.2, -0.15) is 0 Å². The summed E-state index contributed by atoms with van der Waals surface area (Å²) in [4.78, 5) is 36.5. The van der Waals surface area contributed by atoms with E-state index in [1.54, 1.807) is 18.2 Å². The van der Waals surface area contributed by atoms with Crippen molar-refractivity contribution in [2.24, 2.45) is 4.36 Å². The van der Waals surface area contributed by atoms with Gasteiger partial charge in [0.15, 0.2) is 16.6 Å². The van der Waals surface area contributed by atoms with Crippen LogP contribution in [0.2, 0.25) is 0 Å². The van der Waals surface area contributed by atoms with Gasteiger partial charge in [0.25, 0.3) is 5.56 Å². The van der Waals surface area contributed by atoms with Crippen molar-refractivity contribution >= 4 is 38.6 Å². The van der Waals surface area contributed by atoms with Crippen LogP contribution in [0.4, 0.5) is 4.79 Å². The summed E-state index contributed by atoms with van der Waals surface area (Å²) in [6, 6.07) is 4.57. The maximum absolute atomic E-state index is 12.8. The Labute approximate surface area is 164 Å². The summed E-state index contributed by atoms with van der Waals surface area (Å²) in [5.41, 5.74) is -0.00385. The second-order valence-electron chi connectivity index (χ2n) is 5.59. The van der Waals surface area contributed by atoms with E-state index < -0.39 is 15.8 Å². The quantitative estimate of drug-likeness (QED) is 0.377. The average Bonchev–Trinajstić information content (AvgIpc) is 2.92. The molecule has 0 bridgehead atoms. The van der Waals surface area contributed by atoms with Crippen molar-refractivity contribution in [2.75, 3.05) is 12.5 Å². The first-order valence-electron chi connectivity index (χ1n) is 7.84. The number of nitrogens with zero attached hydrogens (tertiary/aromatic N) is 6. The Balaban J connectivity index is 2.35. The number of allylic oxidation sites excluding steroid dienone is 1. The van der Waals surface area contributed by atoms with E-state index in [-0.39, 0.29) is 22.9 Å². The molecule has 12 heteroatoms. The fourth-order valence-electron chi connectivity index (χ4n) is 2.56. The molecule has 0 saturated carbocycles. The maximum Gasteiger partial charge on any atom is 0.439 e. The zero-order chi connectivity index (χ0) is 20.5. The monoisotopic (exact) mass is 420 g/mol. The van der Waals surface area contributed by atoms with Crippen molar-refractivity contribution in [3.05, 3.63) is 47.4 Å². The first-order valence-corrected chi connectivity index (χ1v) is 11.0. The number of hydrogen-bond donors (Lipinski definition) is 1. The molecule has 0 spiro atoms. The summed E-state index contributed by atoms with van der Waals surface area (Å²) < 4.78 is 18.7. The predicted octanol–water partition coefficient (Wildman–Crippen LogP) is 2.02. The Kier molecular flexibility index (Phi) is 5.34. The molecule has 0 aliphatic heterocycles. The van der Waals surface area contributed by atoms with E-state index in [2.05, 4.69) is 25.9 Å². The maximum atomic E-state index is 12.8. The highest BCUT2D eigenvalue weighted by atomic mass is 32.2. The molecule has 0 saturated heterocycles. The number of hydrogen-bond acceptors (Lipinski definition) is 7. The van der Waals surface area contributed by atoms with Crippen LogP contribution >= 0.6 is 11.8 Å². The summed E-state index contributed by atoms with van der Waals surface area (Å²) in [6.07, 6.45) is 4.44. The number of fused-ring (bicyclic) bond motifs is 1. The first-order chi connectivity index (χ1) is 13.3. The van der Waals surface area contributed by atoms with Crippen molar-refractivity contribution in [2.45, 2.75) is 16.7 Å². The molecule has 1 N–H and O–H groups in total. The lowest BCUT2D eigenvalue weighted by atomic mass is 10.4. The highest BCUT2D eigenvalue weighted by molar-refractivity contribution is 7.98. The minimum Gasteiger partial charge on any atom is -0.463 e. The molecule has 0 radical (unpaired) electrons. The largest absolute Gasteiger partial charge is 0.463 e. The van der Waals surface area contributed by atoms with E-state index in [0.717, 1.165) is 0 Å². The molecule has 3 heterocycles. The van der Waals surface area contributed by atoms with Crippen molar-refractivity contribution in [3.63, 3.8) is 0 Å². The molecule has 3 rings (SSSR count). The number of carboxylic acid groups (broad SMARTS) is 1. The molecular weight excluding hydrogens is 404 g/mol. The molecule has 146 valence electrons. The summed E-state index contributed by atoms with van der Waals surface area (Å²) >= 11 is 1.32. The number of carbonyl (C=O) groups is 1. The smallest absolute Gasteiger partial charge is 0.439 e. The van der Waals surface area contributed by atoms with Crippen molar-refractivity contribution in [3.8, 4) is 5.82 Å². The Hall–Kier alpha value is -2.99. The van der Waals surface area contributed by atoms with Crippen LogP contribution in [0.1, 0.15) is 0 Å². The van der Waals surface area contributed by atoms with Crippen molar-refractivity contribution in [1.82, 2.24) is 24.3 Å². The molecule has 10 nitrogen and oxygen atoms in total. The second-order valence-corrected chi connectivity index (χ2v) is 8.57. The third-order valence-corrected chi connectivity index (χ3v) is 5.77. The number of thioether (sulfide) groups is 1. The van der Waals surface area contributed by atoms with Crippen LogP contribution in [0.3, 0.4) is 0 Å². The van der Waals surface area contributed by atoms with Crippen molar-refractivity contribution in [1.29, 1.82) is 0 Å². The normalized spacial score (nSPS) is 13.2. The van der Waals surface area contributed by atoms with Crippen molar-refractivity contribution < 1.29 is 14.1 Å². The molecule has 0 fully saturated rings. The molecule has 1 amide bonds. The molecule has 1 atom stereocenters. The van der Waals surface area contributed by atoms with E-state index in [9.17, 15) is 13.8 Å².